The topological polar surface area (TPSA) is 63.2 Å². The quantitative estimate of drug-likeness (QED) is 0.165. The summed E-state index contributed by atoms with van der Waals surface area (Å²) >= 11 is 0. The third kappa shape index (κ3) is 6.65. The Hall–Kier alpha value is -3.35. The third-order valence-corrected chi connectivity index (χ3v) is 6.05. The molecule has 0 amide bonds. The van der Waals surface area contributed by atoms with Gasteiger partial charge in [0.05, 0.1) is 26.4 Å². The molecular formula is C30H34O6. The Kier molecular flexibility index (Phi) is 9.36. The van der Waals surface area contributed by atoms with Gasteiger partial charge in [-0.15, -0.1) is 0 Å². The maximum atomic E-state index is 11.3. The van der Waals surface area contributed by atoms with Crippen LogP contribution in [0.1, 0.15) is 30.9 Å². The number of hydrogen-bond acceptors (Lipinski definition) is 6. The largest absolute Gasteiger partial charge is 0.490 e. The SMILES string of the molecule is C=C(C)C(=O)OCCOCCOCCOc1c2c(c(Oc3ccccc3)c3ccccc13)CCCC2. The van der Waals surface area contributed by atoms with Crippen molar-refractivity contribution in [2.24, 2.45) is 0 Å². The van der Waals surface area contributed by atoms with Crippen LogP contribution in [-0.4, -0.2) is 45.6 Å². The van der Waals surface area contributed by atoms with Crippen LogP contribution in [0.2, 0.25) is 0 Å². The first-order valence-electron chi connectivity index (χ1n) is 12.6. The van der Waals surface area contributed by atoms with Crippen LogP contribution in [0, 0.1) is 0 Å². The van der Waals surface area contributed by atoms with Crippen LogP contribution < -0.4 is 9.47 Å². The van der Waals surface area contributed by atoms with Crippen molar-refractivity contribution in [3.63, 3.8) is 0 Å². The van der Waals surface area contributed by atoms with Crippen molar-refractivity contribution in [1.29, 1.82) is 0 Å². The number of hydrogen-bond donors (Lipinski definition) is 0. The fourth-order valence-electron chi connectivity index (χ4n) is 4.34. The van der Waals surface area contributed by atoms with Gasteiger partial charge in [0.25, 0.3) is 0 Å². The summed E-state index contributed by atoms with van der Waals surface area (Å²) in [5.74, 6) is 2.33. The van der Waals surface area contributed by atoms with E-state index in [-0.39, 0.29) is 6.61 Å². The molecular weight excluding hydrogens is 456 g/mol. The van der Waals surface area contributed by atoms with Crippen LogP contribution >= 0.6 is 0 Å². The first kappa shape index (κ1) is 25.7. The van der Waals surface area contributed by atoms with Gasteiger partial charge < -0.3 is 23.7 Å². The lowest BCUT2D eigenvalue weighted by Gasteiger charge is -2.25. The Morgan fingerprint density at radius 2 is 1.31 bits per heavy atom. The summed E-state index contributed by atoms with van der Waals surface area (Å²) in [6.45, 7) is 7.47. The highest BCUT2D eigenvalue weighted by atomic mass is 16.6. The van der Waals surface area contributed by atoms with E-state index < -0.39 is 5.97 Å². The summed E-state index contributed by atoms with van der Waals surface area (Å²) in [5, 5.41) is 2.13. The molecule has 0 fully saturated rings. The van der Waals surface area contributed by atoms with Gasteiger partial charge in [-0.3, -0.25) is 0 Å². The van der Waals surface area contributed by atoms with Crippen LogP contribution in [0.4, 0.5) is 0 Å². The predicted octanol–water partition coefficient (Wildman–Crippen LogP) is 6.04. The van der Waals surface area contributed by atoms with Gasteiger partial charge >= 0.3 is 5.97 Å². The van der Waals surface area contributed by atoms with Crippen molar-refractivity contribution in [2.45, 2.75) is 32.6 Å². The Morgan fingerprint density at radius 3 is 1.97 bits per heavy atom. The normalized spacial score (nSPS) is 12.7. The van der Waals surface area contributed by atoms with Crippen LogP contribution in [0.15, 0.2) is 66.7 Å². The molecule has 3 aromatic carbocycles. The van der Waals surface area contributed by atoms with Gasteiger partial charge in [0.15, 0.2) is 0 Å². The Morgan fingerprint density at radius 1 is 0.750 bits per heavy atom. The molecule has 0 aromatic heterocycles. The van der Waals surface area contributed by atoms with Crippen LogP contribution in [0.5, 0.6) is 17.2 Å². The van der Waals surface area contributed by atoms with E-state index in [0.29, 0.717) is 38.6 Å². The second-order valence-electron chi connectivity index (χ2n) is 8.77. The summed E-state index contributed by atoms with van der Waals surface area (Å²) in [6, 6.07) is 18.3. The molecule has 0 saturated carbocycles. The van der Waals surface area contributed by atoms with Crippen molar-refractivity contribution in [1.82, 2.24) is 0 Å². The lowest BCUT2D eigenvalue weighted by atomic mass is 9.87. The van der Waals surface area contributed by atoms with Crippen LogP contribution in [-0.2, 0) is 31.8 Å². The molecule has 6 nitrogen and oxygen atoms in total. The summed E-state index contributed by atoms with van der Waals surface area (Å²) in [7, 11) is 0. The van der Waals surface area contributed by atoms with E-state index in [4.69, 9.17) is 23.7 Å². The van der Waals surface area contributed by atoms with Crippen molar-refractivity contribution >= 4 is 16.7 Å². The predicted molar refractivity (Wildman–Crippen MR) is 140 cm³/mol. The van der Waals surface area contributed by atoms with Gasteiger partial charge in [0.1, 0.15) is 30.5 Å². The lowest BCUT2D eigenvalue weighted by molar-refractivity contribution is -0.140. The number of benzene rings is 3. The number of carbonyl (C=O) groups is 1. The first-order valence-corrected chi connectivity index (χ1v) is 12.6. The minimum atomic E-state index is -0.402. The molecule has 190 valence electrons. The maximum absolute atomic E-state index is 11.3. The smallest absolute Gasteiger partial charge is 0.333 e. The van der Waals surface area contributed by atoms with E-state index in [1.807, 2.05) is 42.5 Å². The molecule has 0 radical (unpaired) electrons. The maximum Gasteiger partial charge on any atom is 0.333 e. The van der Waals surface area contributed by atoms with Gasteiger partial charge in [-0.25, -0.2) is 4.79 Å². The molecule has 0 unspecified atom stereocenters. The number of para-hydroxylation sites is 1. The molecule has 3 aromatic rings. The monoisotopic (exact) mass is 490 g/mol. The average Bonchev–Trinajstić information content (AvgIpc) is 2.91. The summed E-state index contributed by atoms with van der Waals surface area (Å²) < 4.78 is 28.9. The molecule has 0 saturated heterocycles. The second kappa shape index (κ2) is 13.1. The standard InChI is InChI=1S/C30H34O6/c1-22(2)30(31)35-21-19-33-17-16-32-18-20-34-28-24-12-6-8-14-26(24)29(27-15-9-7-13-25(27)28)36-23-10-4-3-5-11-23/h3-6,8,10-12,14H,1,7,9,13,15-21H2,2H3. The number of carbonyl (C=O) groups excluding carboxylic acids is 1. The van der Waals surface area contributed by atoms with E-state index in [2.05, 4.69) is 18.7 Å². The lowest BCUT2D eigenvalue weighted by Crippen LogP contribution is -2.15. The van der Waals surface area contributed by atoms with Gasteiger partial charge in [-0.2, -0.15) is 0 Å². The molecule has 0 spiro atoms. The van der Waals surface area contributed by atoms with Crippen molar-refractivity contribution in [3.05, 3.63) is 77.9 Å². The second-order valence-corrected chi connectivity index (χ2v) is 8.77. The van der Waals surface area contributed by atoms with Gasteiger partial charge in [0.2, 0.25) is 0 Å². The van der Waals surface area contributed by atoms with E-state index in [1.54, 1.807) is 6.92 Å². The van der Waals surface area contributed by atoms with Crippen molar-refractivity contribution in [3.8, 4) is 17.2 Å². The molecule has 0 aliphatic heterocycles. The van der Waals surface area contributed by atoms with Gasteiger partial charge in [0, 0.05) is 27.5 Å². The molecule has 0 N–H and O–H groups in total. The zero-order chi connectivity index (χ0) is 25.2. The Balaban J connectivity index is 1.34. The molecule has 4 rings (SSSR count). The first-order chi connectivity index (χ1) is 17.6. The minimum absolute atomic E-state index is 0.205. The number of ether oxygens (including phenoxy) is 5. The van der Waals surface area contributed by atoms with Crippen LogP contribution in [0.25, 0.3) is 10.8 Å². The molecule has 36 heavy (non-hydrogen) atoms. The highest BCUT2D eigenvalue weighted by Crippen LogP contribution is 2.45. The van der Waals surface area contributed by atoms with E-state index in [1.165, 1.54) is 11.1 Å². The number of fused-ring (bicyclic) bond motifs is 2. The molecule has 1 aliphatic rings. The zero-order valence-corrected chi connectivity index (χ0v) is 20.9. The highest BCUT2D eigenvalue weighted by molar-refractivity contribution is 5.96. The summed E-state index contributed by atoms with van der Waals surface area (Å²) in [6.07, 6.45) is 4.24. The Labute approximate surface area is 212 Å². The van der Waals surface area contributed by atoms with Gasteiger partial charge in [-0.1, -0.05) is 49.0 Å². The zero-order valence-electron chi connectivity index (χ0n) is 20.9. The molecule has 0 bridgehead atoms. The third-order valence-electron chi connectivity index (χ3n) is 6.05. The summed E-state index contributed by atoms with van der Waals surface area (Å²) in [5.41, 5.74) is 2.88. The molecule has 0 atom stereocenters. The van der Waals surface area contributed by atoms with Crippen molar-refractivity contribution in [2.75, 3.05) is 39.6 Å². The van der Waals surface area contributed by atoms with E-state index >= 15 is 0 Å². The van der Waals surface area contributed by atoms with Gasteiger partial charge in [-0.05, 0) is 44.7 Å². The Bertz CT molecular complexity index is 1170. The number of esters is 1. The van der Waals surface area contributed by atoms with E-state index in [9.17, 15) is 4.79 Å². The molecule has 6 heteroatoms. The van der Waals surface area contributed by atoms with Crippen molar-refractivity contribution < 1.29 is 28.5 Å². The highest BCUT2D eigenvalue weighted by Gasteiger charge is 2.24. The van der Waals surface area contributed by atoms with Crippen LogP contribution in [0.3, 0.4) is 0 Å². The molecule has 1 aliphatic carbocycles. The fraction of sp³-hybridized carbons (Fsp3) is 0.367. The number of rotatable bonds is 13. The molecule has 0 heterocycles. The minimum Gasteiger partial charge on any atom is -0.490 e. The fourth-order valence-corrected chi connectivity index (χ4v) is 4.34. The van der Waals surface area contributed by atoms with E-state index in [0.717, 1.165) is 53.7 Å². The summed E-state index contributed by atoms with van der Waals surface area (Å²) in [4.78, 5) is 11.3. The average molecular weight is 491 g/mol.